The molecular weight excluding hydrogens is 325 g/mol. The Morgan fingerprint density at radius 3 is 2.92 bits per heavy atom. The molecule has 2 atom stereocenters. The summed E-state index contributed by atoms with van der Waals surface area (Å²) in [4.78, 5) is 25.8. The van der Waals surface area contributed by atoms with Crippen LogP contribution in [-0.2, 0) is 0 Å². The highest BCUT2D eigenvalue weighted by Gasteiger charge is 2.38. The first-order valence-corrected chi connectivity index (χ1v) is 8.00. The number of anilines is 1. The van der Waals surface area contributed by atoms with Crippen LogP contribution in [-0.4, -0.2) is 19.6 Å². The monoisotopic (exact) mass is 341 g/mol. The van der Waals surface area contributed by atoms with Gasteiger partial charge in [-0.3, -0.25) is 4.79 Å². The Morgan fingerprint density at radius 2 is 2.16 bits per heavy atom. The number of carbonyl (C=O) groups is 1. The molecule has 0 radical (unpaired) electrons. The van der Waals surface area contributed by atoms with Crippen LogP contribution in [0.4, 0.5) is 10.1 Å². The summed E-state index contributed by atoms with van der Waals surface area (Å²) in [5, 5.41) is 6.16. The highest BCUT2D eigenvalue weighted by atomic mass is 19.1. The van der Waals surface area contributed by atoms with Crippen LogP contribution in [0.15, 0.2) is 41.6 Å². The van der Waals surface area contributed by atoms with E-state index in [4.69, 9.17) is 4.74 Å². The number of methoxy groups -OCH3 is 1. The second-order valence-electron chi connectivity index (χ2n) is 6.12. The third-order valence-corrected chi connectivity index (χ3v) is 4.80. The molecule has 0 spiro atoms. The summed E-state index contributed by atoms with van der Waals surface area (Å²) in [6.07, 6.45) is 0.105. The largest absolute Gasteiger partial charge is 0.494 e. The number of nitroso groups, excluding NO2 is 1. The maximum atomic E-state index is 13.7. The van der Waals surface area contributed by atoms with Crippen molar-refractivity contribution in [2.45, 2.75) is 18.6 Å². The number of para-hydroxylation sites is 1. The molecule has 128 valence electrons. The summed E-state index contributed by atoms with van der Waals surface area (Å²) in [5.74, 6) is -0.568. The smallest absolute Gasteiger partial charge is 0.255 e. The van der Waals surface area contributed by atoms with Crippen molar-refractivity contribution in [3.63, 3.8) is 0 Å². The van der Waals surface area contributed by atoms with Crippen LogP contribution in [0.1, 0.15) is 40.1 Å². The molecule has 2 aromatic rings. The quantitative estimate of drug-likeness (QED) is 0.870. The van der Waals surface area contributed by atoms with E-state index in [1.54, 1.807) is 24.3 Å². The average molecular weight is 341 g/mol. The van der Waals surface area contributed by atoms with Crippen LogP contribution in [0.5, 0.6) is 5.75 Å². The third kappa shape index (κ3) is 2.34. The molecule has 2 unspecified atom stereocenters. The zero-order chi connectivity index (χ0) is 17.6. The first-order valence-electron chi connectivity index (χ1n) is 8.00. The predicted octanol–water partition coefficient (Wildman–Crippen LogP) is 3.29. The zero-order valence-electron chi connectivity index (χ0n) is 13.5. The van der Waals surface area contributed by atoms with Gasteiger partial charge in [0.05, 0.1) is 18.4 Å². The van der Waals surface area contributed by atoms with Crippen molar-refractivity contribution in [1.29, 1.82) is 0 Å². The van der Waals surface area contributed by atoms with E-state index < -0.39 is 18.0 Å². The number of ether oxygens (including phenoxy) is 1. The van der Waals surface area contributed by atoms with E-state index in [-0.39, 0.29) is 11.7 Å². The van der Waals surface area contributed by atoms with E-state index in [0.717, 1.165) is 11.3 Å². The molecule has 2 aromatic carbocycles. The van der Waals surface area contributed by atoms with Gasteiger partial charge in [-0.05, 0) is 30.2 Å². The molecule has 1 amide bonds. The summed E-state index contributed by atoms with van der Waals surface area (Å²) in [6, 6.07) is 9.39. The van der Waals surface area contributed by atoms with Crippen LogP contribution < -0.4 is 15.0 Å². The second-order valence-corrected chi connectivity index (χ2v) is 6.12. The summed E-state index contributed by atoms with van der Waals surface area (Å²) >= 11 is 0. The molecule has 2 heterocycles. The van der Waals surface area contributed by atoms with E-state index in [9.17, 15) is 14.1 Å². The van der Waals surface area contributed by atoms with Gasteiger partial charge >= 0.3 is 0 Å². The molecule has 0 saturated heterocycles. The van der Waals surface area contributed by atoms with Crippen molar-refractivity contribution in [2.24, 2.45) is 5.18 Å². The summed E-state index contributed by atoms with van der Waals surface area (Å²) in [7, 11) is 1.40. The summed E-state index contributed by atoms with van der Waals surface area (Å²) in [6.45, 7) is 0.561. The molecule has 0 aromatic heterocycles. The molecule has 6 nitrogen and oxygen atoms in total. The fraction of sp³-hybridized carbons (Fsp3) is 0.278. The van der Waals surface area contributed by atoms with Crippen molar-refractivity contribution in [2.75, 3.05) is 18.6 Å². The molecule has 0 aliphatic carbocycles. The highest BCUT2D eigenvalue weighted by Crippen LogP contribution is 2.44. The normalized spacial score (nSPS) is 21.4. The summed E-state index contributed by atoms with van der Waals surface area (Å²) < 4.78 is 18.8. The lowest BCUT2D eigenvalue weighted by molar-refractivity contribution is 0.0925. The molecule has 2 aliphatic rings. The van der Waals surface area contributed by atoms with Crippen LogP contribution in [0, 0.1) is 10.7 Å². The van der Waals surface area contributed by atoms with Gasteiger partial charge < -0.3 is 15.0 Å². The maximum absolute atomic E-state index is 13.7. The number of hydrogen-bond acceptors (Lipinski definition) is 5. The molecule has 0 saturated carbocycles. The van der Waals surface area contributed by atoms with Crippen molar-refractivity contribution < 1.29 is 13.9 Å². The van der Waals surface area contributed by atoms with Crippen molar-refractivity contribution in [1.82, 2.24) is 5.32 Å². The van der Waals surface area contributed by atoms with Gasteiger partial charge in [-0.2, -0.15) is 4.91 Å². The van der Waals surface area contributed by atoms with Crippen LogP contribution in [0.25, 0.3) is 0 Å². The van der Waals surface area contributed by atoms with Crippen LogP contribution in [0.3, 0.4) is 0 Å². The van der Waals surface area contributed by atoms with Crippen molar-refractivity contribution in [3.05, 3.63) is 63.8 Å². The molecule has 0 fully saturated rings. The zero-order valence-corrected chi connectivity index (χ0v) is 13.5. The Balaban J connectivity index is 1.84. The minimum Gasteiger partial charge on any atom is -0.494 e. The lowest BCUT2D eigenvalue weighted by Crippen LogP contribution is -2.49. The van der Waals surface area contributed by atoms with Gasteiger partial charge in [0.25, 0.3) is 5.91 Å². The van der Waals surface area contributed by atoms with Gasteiger partial charge in [-0.25, -0.2) is 4.39 Å². The second kappa shape index (κ2) is 5.84. The van der Waals surface area contributed by atoms with Crippen molar-refractivity contribution in [3.8, 4) is 5.75 Å². The highest BCUT2D eigenvalue weighted by molar-refractivity contribution is 6.03. The molecular formula is C18H16FN3O3. The molecule has 1 N–H and O–H groups in total. The maximum Gasteiger partial charge on any atom is 0.255 e. The number of benzene rings is 2. The van der Waals surface area contributed by atoms with E-state index in [1.807, 2.05) is 11.0 Å². The number of hydrogen-bond donors (Lipinski definition) is 1. The van der Waals surface area contributed by atoms with Crippen LogP contribution in [0.2, 0.25) is 0 Å². The van der Waals surface area contributed by atoms with Gasteiger partial charge in [0, 0.05) is 12.1 Å². The first-order chi connectivity index (χ1) is 12.1. The number of amides is 1. The standard InChI is InChI=1S/C18H16FN3O3/c1-25-15-9-10(5-6-13(15)19)17-20-18(23)12-4-2-3-11-14(21-24)7-8-22(17)16(11)12/h2-6,9,14,17H,7-8H2,1H3,(H,20,23). The van der Waals surface area contributed by atoms with Gasteiger partial charge in [0.15, 0.2) is 11.6 Å². The lowest BCUT2D eigenvalue weighted by Gasteiger charge is -2.43. The van der Waals surface area contributed by atoms with Gasteiger partial charge in [-0.1, -0.05) is 23.4 Å². The SMILES string of the molecule is COc1cc(C2NC(=O)c3cccc4c3N2CCC4N=O)ccc1F. The predicted molar refractivity (Wildman–Crippen MR) is 90.1 cm³/mol. The minimum atomic E-state index is -0.460. The van der Waals surface area contributed by atoms with E-state index in [0.29, 0.717) is 24.1 Å². The fourth-order valence-electron chi connectivity index (χ4n) is 3.62. The number of rotatable bonds is 3. The number of nitrogens with one attached hydrogen (secondary N) is 1. The van der Waals surface area contributed by atoms with Crippen molar-refractivity contribution >= 4 is 11.6 Å². The lowest BCUT2D eigenvalue weighted by atomic mass is 9.90. The van der Waals surface area contributed by atoms with E-state index in [2.05, 4.69) is 10.5 Å². The molecule has 25 heavy (non-hydrogen) atoms. The van der Waals surface area contributed by atoms with E-state index in [1.165, 1.54) is 13.2 Å². The first kappa shape index (κ1) is 15.6. The van der Waals surface area contributed by atoms with Gasteiger partial charge in [0.2, 0.25) is 0 Å². The van der Waals surface area contributed by atoms with Gasteiger partial charge in [-0.15, -0.1) is 0 Å². The molecule has 4 rings (SSSR count). The topological polar surface area (TPSA) is 71.0 Å². The number of halogens is 1. The average Bonchev–Trinajstić information content (AvgIpc) is 2.65. The molecule has 2 aliphatic heterocycles. The van der Waals surface area contributed by atoms with Crippen LogP contribution >= 0.6 is 0 Å². The minimum absolute atomic E-state index is 0.121. The molecule has 0 bridgehead atoms. The summed E-state index contributed by atoms with van der Waals surface area (Å²) in [5.41, 5.74) is 2.73. The Labute approximate surface area is 143 Å². The Bertz CT molecular complexity index is 871. The third-order valence-electron chi connectivity index (χ3n) is 4.80. The Morgan fingerprint density at radius 1 is 1.32 bits per heavy atom. The van der Waals surface area contributed by atoms with Gasteiger partial charge in [0.1, 0.15) is 12.2 Å². The number of nitrogens with zero attached hydrogens (tertiary/aromatic N) is 2. The van der Waals surface area contributed by atoms with E-state index >= 15 is 0 Å². The Kier molecular flexibility index (Phi) is 3.63. The Hall–Kier alpha value is -2.96. The fourth-order valence-corrected chi connectivity index (χ4v) is 3.62. The molecule has 7 heteroatoms. The number of carbonyl (C=O) groups excluding carboxylic acids is 1.